The number of rotatable bonds is 3. The normalized spacial score (nSPS) is 10.1. The van der Waals surface area contributed by atoms with E-state index in [1.165, 1.54) is 19.1 Å². The summed E-state index contributed by atoms with van der Waals surface area (Å²) >= 11 is 13.0. The number of nitrogens with zero attached hydrogens (tertiary/aromatic N) is 1. The van der Waals surface area contributed by atoms with Crippen LogP contribution in [0.1, 0.15) is 22.8 Å². The maximum atomic E-state index is 11.4. The van der Waals surface area contributed by atoms with Gasteiger partial charge < -0.3 is 5.32 Å². The van der Waals surface area contributed by atoms with E-state index in [2.05, 4.69) is 9.69 Å². The minimum Gasteiger partial charge on any atom is -0.345 e. The third kappa shape index (κ3) is 2.70. The quantitative estimate of drug-likeness (QED) is 0.844. The number of anilines is 2. The van der Waals surface area contributed by atoms with Gasteiger partial charge in [0.05, 0.1) is 15.6 Å². The molecule has 20 heavy (non-hydrogen) atoms. The van der Waals surface area contributed by atoms with E-state index in [1.54, 1.807) is 0 Å². The fourth-order valence-corrected chi connectivity index (χ4v) is 3.06. The minimum atomic E-state index is -0.461. The van der Waals surface area contributed by atoms with E-state index in [0.29, 0.717) is 10.7 Å². The highest BCUT2D eigenvalue weighted by molar-refractivity contribution is 7.10. The number of nitrogens with one attached hydrogen (secondary N) is 2. The summed E-state index contributed by atoms with van der Waals surface area (Å²) in [5.74, 6) is -0.240. The molecule has 1 heterocycles. The minimum absolute atomic E-state index is 0.0158. The second kappa shape index (κ2) is 5.67. The number of carbonyl (C=O) groups is 1. The number of aromatic nitrogens is 1. The van der Waals surface area contributed by atoms with Crippen molar-refractivity contribution in [2.24, 2.45) is 0 Å². The third-order valence-corrected chi connectivity index (χ3v) is 3.86. The van der Waals surface area contributed by atoms with Crippen molar-refractivity contribution < 1.29 is 4.79 Å². The van der Waals surface area contributed by atoms with Crippen LogP contribution in [-0.2, 0) is 0 Å². The monoisotopic (exact) mass is 327 g/mol. The molecule has 0 aliphatic heterocycles. The van der Waals surface area contributed by atoms with Crippen LogP contribution in [0.15, 0.2) is 16.9 Å². The molecule has 0 radical (unpaired) electrons. The molecule has 0 fully saturated rings. The van der Waals surface area contributed by atoms with E-state index in [0.717, 1.165) is 11.5 Å². The Labute approximate surface area is 127 Å². The summed E-state index contributed by atoms with van der Waals surface area (Å²) in [5.41, 5.74) is 0.244. The number of hydrogen-bond acceptors (Lipinski definition) is 5. The Hall–Kier alpha value is -1.81. The van der Waals surface area contributed by atoms with Gasteiger partial charge in [-0.3, -0.25) is 14.0 Å². The second-order valence-electron chi connectivity index (χ2n) is 3.85. The van der Waals surface area contributed by atoms with Gasteiger partial charge in [-0.15, -0.1) is 0 Å². The van der Waals surface area contributed by atoms with Crippen LogP contribution < -0.4 is 10.9 Å². The lowest BCUT2D eigenvalue weighted by atomic mass is 10.1. The molecule has 2 aromatic rings. The van der Waals surface area contributed by atoms with Crippen molar-refractivity contribution in [2.75, 3.05) is 5.32 Å². The van der Waals surface area contributed by atoms with Gasteiger partial charge in [0.1, 0.15) is 11.1 Å². The van der Waals surface area contributed by atoms with Crippen LogP contribution in [-0.4, -0.2) is 10.2 Å². The Morgan fingerprint density at radius 3 is 2.50 bits per heavy atom. The first-order valence-electron chi connectivity index (χ1n) is 5.32. The highest BCUT2D eigenvalue weighted by atomic mass is 35.5. The SMILES string of the molecule is CC(=O)c1c(Cl)cc(Nc2s[nH]c(=O)c2C#N)cc1Cl. The molecule has 1 aromatic carbocycles. The van der Waals surface area contributed by atoms with Gasteiger partial charge in [-0.1, -0.05) is 23.2 Å². The third-order valence-electron chi connectivity index (χ3n) is 2.46. The number of Topliss-reactive ketones (excluding diaryl/α,β-unsaturated/α-hetero) is 1. The first kappa shape index (κ1) is 14.6. The summed E-state index contributed by atoms with van der Waals surface area (Å²) in [6.45, 7) is 1.37. The van der Waals surface area contributed by atoms with Crippen LogP contribution in [0, 0.1) is 11.3 Å². The van der Waals surface area contributed by atoms with Gasteiger partial charge in [0.25, 0.3) is 5.56 Å². The highest BCUT2D eigenvalue weighted by Gasteiger charge is 2.15. The Morgan fingerprint density at radius 2 is 2.00 bits per heavy atom. The van der Waals surface area contributed by atoms with E-state index in [1.807, 2.05) is 6.07 Å². The summed E-state index contributed by atoms with van der Waals surface area (Å²) in [4.78, 5) is 22.7. The van der Waals surface area contributed by atoms with Gasteiger partial charge in [-0.05, 0) is 30.6 Å². The topological polar surface area (TPSA) is 85.8 Å². The van der Waals surface area contributed by atoms with Crippen molar-refractivity contribution in [3.63, 3.8) is 0 Å². The van der Waals surface area contributed by atoms with Gasteiger partial charge in [0.15, 0.2) is 11.3 Å². The number of nitriles is 1. The summed E-state index contributed by atoms with van der Waals surface area (Å²) in [7, 11) is 0. The molecule has 0 amide bonds. The first-order valence-corrected chi connectivity index (χ1v) is 6.90. The van der Waals surface area contributed by atoms with Gasteiger partial charge in [-0.25, -0.2) is 0 Å². The standard InChI is InChI=1S/C12H7Cl2N3O2S/c1-5(18)10-8(13)2-6(3-9(10)14)16-12-7(4-15)11(19)17-20-12/h2-3,16H,1H3,(H,17,19). The molecular weight excluding hydrogens is 321 g/mol. The second-order valence-corrected chi connectivity index (χ2v) is 5.48. The van der Waals surface area contributed by atoms with E-state index < -0.39 is 5.56 Å². The van der Waals surface area contributed by atoms with Crippen molar-refractivity contribution >= 4 is 51.2 Å². The Morgan fingerprint density at radius 1 is 1.40 bits per heavy atom. The van der Waals surface area contributed by atoms with E-state index in [4.69, 9.17) is 28.5 Å². The fraction of sp³-hybridized carbons (Fsp3) is 0.0833. The zero-order valence-electron chi connectivity index (χ0n) is 10.1. The average Bonchev–Trinajstić information content (AvgIpc) is 2.68. The van der Waals surface area contributed by atoms with Crippen LogP contribution in [0.25, 0.3) is 0 Å². The number of carbonyl (C=O) groups excluding carboxylic acids is 1. The number of H-pyrrole nitrogens is 1. The molecule has 102 valence electrons. The molecule has 0 aliphatic rings. The van der Waals surface area contributed by atoms with Crippen LogP contribution in [0.2, 0.25) is 10.0 Å². The Balaban J connectivity index is 2.43. The molecule has 2 rings (SSSR count). The predicted molar refractivity (Wildman–Crippen MR) is 79.4 cm³/mol. The van der Waals surface area contributed by atoms with Crippen LogP contribution >= 0.6 is 34.7 Å². The zero-order chi connectivity index (χ0) is 14.9. The summed E-state index contributed by atoms with van der Waals surface area (Å²) in [6, 6.07) is 4.83. The van der Waals surface area contributed by atoms with Gasteiger partial charge in [-0.2, -0.15) is 5.26 Å². The lowest BCUT2D eigenvalue weighted by molar-refractivity contribution is 0.101. The van der Waals surface area contributed by atoms with E-state index >= 15 is 0 Å². The average molecular weight is 328 g/mol. The number of benzene rings is 1. The molecular formula is C12H7Cl2N3O2S. The lowest BCUT2D eigenvalue weighted by Crippen LogP contribution is -2.03. The van der Waals surface area contributed by atoms with Crippen molar-refractivity contribution in [3.8, 4) is 6.07 Å². The van der Waals surface area contributed by atoms with Crippen LogP contribution in [0.3, 0.4) is 0 Å². The molecule has 0 saturated heterocycles. The molecule has 0 aliphatic carbocycles. The molecule has 0 spiro atoms. The summed E-state index contributed by atoms with van der Waals surface area (Å²) < 4.78 is 2.45. The Bertz CT molecular complexity index is 766. The zero-order valence-corrected chi connectivity index (χ0v) is 12.4. The van der Waals surface area contributed by atoms with Gasteiger partial charge >= 0.3 is 0 Å². The number of hydrogen-bond donors (Lipinski definition) is 2. The van der Waals surface area contributed by atoms with Gasteiger partial charge in [0.2, 0.25) is 0 Å². The smallest absolute Gasteiger partial charge is 0.278 e. The number of ketones is 1. The van der Waals surface area contributed by atoms with Crippen molar-refractivity contribution in [1.82, 2.24) is 4.37 Å². The molecule has 0 saturated carbocycles. The summed E-state index contributed by atoms with van der Waals surface area (Å²) in [5, 5.41) is 12.5. The largest absolute Gasteiger partial charge is 0.345 e. The van der Waals surface area contributed by atoms with Crippen LogP contribution in [0.4, 0.5) is 10.7 Å². The van der Waals surface area contributed by atoms with E-state index in [-0.39, 0.29) is 27.0 Å². The highest BCUT2D eigenvalue weighted by Crippen LogP contribution is 2.31. The number of halogens is 2. The molecule has 0 atom stereocenters. The van der Waals surface area contributed by atoms with E-state index in [9.17, 15) is 9.59 Å². The van der Waals surface area contributed by atoms with Crippen LogP contribution in [0.5, 0.6) is 0 Å². The lowest BCUT2D eigenvalue weighted by Gasteiger charge is -2.08. The first-order chi connectivity index (χ1) is 9.43. The Kier molecular flexibility index (Phi) is 4.14. The molecule has 1 aromatic heterocycles. The van der Waals surface area contributed by atoms with Crippen molar-refractivity contribution in [2.45, 2.75) is 6.92 Å². The van der Waals surface area contributed by atoms with Gasteiger partial charge in [0, 0.05) is 5.69 Å². The van der Waals surface area contributed by atoms with Crippen molar-refractivity contribution in [3.05, 3.63) is 43.7 Å². The maximum Gasteiger partial charge on any atom is 0.278 e. The molecule has 0 bridgehead atoms. The van der Waals surface area contributed by atoms with Crippen molar-refractivity contribution in [1.29, 1.82) is 5.26 Å². The summed E-state index contributed by atoms with van der Waals surface area (Å²) in [6.07, 6.45) is 0. The maximum absolute atomic E-state index is 11.4. The predicted octanol–water partition coefficient (Wildman–Crippen LogP) is 3.56. The molecule has 0 unspecified atom stereocenters. The fourth-order valence-electron chi connectivity index (χ4n) is 1.60. The number of aromatic amines is 1. The molecule has 5 nitrogen and oxygen atoms in total. The molecule has 8 heteroatoms. The molecule has 2 N–H and O–H groups in total.